The van der Waals surface area contributed by atoms with Crippen molar-refractivity contribution in [2.45, 2.75) is 71.5 Å². The molecule has 0 spiro atoms. The summed E-state index contributed by atoms with van der Waals surface area (Å²) in [7, 11) is 0. The van der Waals surface area contributed by atoms with E-state index in [1.807, 2.05) is 0 Å². The summed E-state index contributed by atoms with van der Waals surface area (Å²) in [6.45, 7) is 6.76. The molecular formula is C15H23F5O4. The first-order valence-corrected chi connectivity index (χ1v) is 7.44. The Balaban J connectivity index is 3.48. The van der Waals surface area contributed by atoms with Crippen molar-refractivity contribution >= 4 is 5.97 Å². The maximum atomic E-state index is 14.8. The van der Waals surface area contributed by atoms with Gasteiger partial charge < -0.3 is 14.6 Å². The lowest BCUT2D eigenvalue weighted by Gasteiger charge is -2.46. The van der Waals surface area contributed by atoms with E-state index in [0.717, 1.165) is 0 Å². The van der Waals surface area contributed by atoms with Crippen molar-refractivity contribution in [3.05, 3.63) is 0 Å². The van der Waals surface area contributed by atoms with E-state index in [0.29, 0.717) is 0 Å². The Hall–Kier alpha value is -0.960. The Bertz CT molecular complexity index is 509. The van der Waals surface area contributed by atoms with Crippen LogP contribution in [0.3, 0.4) is 0 Å². The van der Waals surface area contributed by atoms with Crippen molar-refractivity contribution in [1.29, 1.82) is 0 Å². The van der Waals surface area contributed by atoms with Crippen LogP contribution >= 0.6 is 0 Å². The van der Waals surface area contributed by atoms with Gasteiger partial charge in [0, 0.05) is 5.41 Å². The number of esters is 1. The second-order valence-electron chi connectivity index (χ2n) is 7.71. The number of halogens is 5. The molecule has 9 heteroatoms. The molecule has 2 unspecified atom stereocenters. The van der Waals surface area contributed by atoms with Gasteiger partial charge in [0.15, 0.2) is 0 Å². The molecule has 1 rings (SSSR count). The second-order valence-corrected chi connectivity index (χ2v) is 7.71. The largest absolute Gasteiger partial charge is 0.449 e. The summed E-state index contributed by atoms with van der Waals surface area (Å²) in [5, 5.41) is 9.54. The zero-order chi connectivity index (χ0) is 19.4. The zero-order valence-corrected chi connectivity index (χ0v) is 14.5. The van der Waals surface area contributed by atoms with Gasteiger partial charge in [0.2, 0.25) is 5.60 Å². The minimum atomic E-state index is -5.77. The van der Waals surface area contributed by atoms with Crippen molar-refractivity contribution in [3.63, 3.8) is 0 Å². The topological polar surface area (TPSA) is 55.8 Å². The predicted molar refractivity (Wildman–Crippen MR) is 74.3 cm³/mol. The molecule has 0 saturated carbocycles. The third kappa shape index (κ3) is 2.69. The summed E-state index contributed by atoms with van der Waals surface area (Å²) in [4.78, 5) is 12.3. The molecule has 0 aromatic heterocycles. The van der Waals surface area contributed by atoms with Crippen LogP contribution in [0.1, 0.15) is 48.0 Å². The fourth-order valence-electron chi connectivity index (χ4n) is 2.30. The van der Waals surface area contributed by atoms with Crippen LogP contribution in [0, 0.1) is 10.8 Å². The molecule has 0 radical (unpaired) electrons. The highest BCUT2D eigenvalue weighted by atomic mass is 19.4. The first kappa shape index (κ1) is 21.1. The summed E-state index contributed by atoms with van der Waals surface area (Å²) in [5.41, 5.74) is -5.81. The predicted octanol–water partition coefficient (Wildman–Crippen LogP) is 3.67. The number of rotatable bonds is 3. The van der Waals surface area contributed by atoms with Crippen LogP contribution < -0.4 is 0 Å². The van der Waals surface area contributed by atoms with Gasteiger partial charge >= 0.3 is 23.9 Å². The summed E-state index contributed by atoms with van der Waals surface area (Å²) >= 11 is 0. The summed E-state index contributed by atoms with van der Waals surface area (Å²) in [6.07, 6.45) is -5.54. The molecule has 0 aromatic rings. The first-order chi connectivity index (χ1) is 10.4. The molecule has 2 atom stereocenters. The fourth-order valence-corrected chi connectivity index (χ4v) is 2.30. The summed E-state index contributed by atoms with van der Waals surface area (Å²) < 4.78 is 77.7. The average Bonchev–Trinajstić information content (AvgIpc) is 2.59. The van der Waals surface area contributed by atoms with Crippen molar-refractivity contribution in [3.8, 4) is 0 Å². The lowest BCUT2D eigenvalue weighted by molar-refractivity contribution is -0.413. The van der Waals surface area contributed by atoms with Gasteiger partial charge in [0.05, 0.1) is 12.0 Å². The van der Waals surface area contributed by atoms with Gasteiger partial charge in [0.1, 0.15) is 0 Å². The smallest absolute Gasteiger partial charge is 0.449 e. The van der Waals surface area contributed by atoms with E-state index in [9.17, 15) is 31.9 Å². The minimum absolute atomic E-state index is 0.224. The van der Waals surface area contributed by atoms with E-state index >= 15 is 0 Å². The highest BCUT2D eigenvalue weighted by Gasteiger charge is 2.86. The van der Waals surface area contributed by atoms with E-state index in [1.54, 1.807) is 6.92 Å². The highest BCUT2D eigenvalue weighted by Crippen LogP contribution is 2.60. The quantitative estimate of drug-likeness (QED) is 0.615. The fraction of sp³-hybridized carbons (Fsp3) is 0.933. The molecule has 1 saturated heterocycles. The molecule has 0 aromatic carbocycles. The second kappa shape index (κ2) is 5.52. The van der Waals surface area contributed by atoms with Crippen molar-refractivity contribution in [2.24, 2.45) is 10.8 Å². The SMILES string of the molecule is CCC(C)(C)C(=O)OC1(C(C)(C)C)COC(O)(C(F)(F)F)C1(F)F. The Kier molecular flexibility index (Phi) is 4.85. The van der Waals surface area contributed by atoms with Crippen LogP contribution in [0.5, 0.6) is 0 Å². The molecular weight excluding hydrogens is 339 g/mol. The van der Waals surface area contributed by atoms with Gasteiger partial charge in [0.25, 0.3) is 0 Å². The number of hydrogen-bond acceptors (Lipinski definition) is 4. The van der Waals surface area contributed by atoms with E-state index < -0.39 is 46.9 Å². The molecule has 0 amide bonds. The number of hydrogen-bond donors (Lipinski definition) is 1. The van der Waals surface area contributed by atoms with Crippen LogP contribution in [0.2, 0.25) is 0 Å². The Labute approximate surface area is 137 Å². The number of carbonyl (C=O) groups excluding carboxylic acids is 1. The molecule has 4 nitrogen and oxygen atoms in total. The minimum Gasteiger partial charge on any atom is -0.449 e. The molecule has 0 aliphatic carbocycles. The van der Waals surface area contributed by atoms with Gasteiger partial charge in [-0.2, -0.15) is 22.0 Å². The molecule has 1 fully saturated rings. The van der Waals surface area contributed by atoms with Gasteiger partial charge in [-0.05, 0) is 20.3 Å². The molecule has 1 aliphatic rings. The number of aliphatic hydroxyl groups is 1. The lowest BCUT2D eigenvalue weighted by atomic mass is 9.71. The molecule has 1 N–H and O–H groups in total. The van der Waals surface area contributed by atoms with Crippen LogP contribution in [0.4, 0.5) is 22.0 Å². The van der Waals surface area contributed by atoms with Gasteiger partial charge in [-0.15, -0.1) is 0 Å². The van der Waals surface area contributed by atoms with Gasteiger partial charge in [-0.1, -0.05) is 27.7 Å². The Morgan fingerprint density at radius 2 is 1.62 bits per heavy atom. The molecule has 1 aliphatic heterocycles. The van der Waals surface area contributed by atoms with Crippen LogP contribution in [-0.4, -0.2) is 41.2 Å². The van der Waals surface area contributed by atoms with Crippen molar-refractivity contribution in [1.82, 2.24) is 0 Å². The van der Waals surface area contributed by atoms with E-state index in [-0.39, 0.29) is 6.42 Å². The van der Waals surface area contributed by atoms with Crippen molar-refractivity contribution in [2.75, 3.05) is 6.61 Å². The molecule has 0 bridgehead atoms. The zero-order valence-electron chi connectivity index (χ0n) is 14.5. The van der Waals surface area contributed by atoms with Gasteiger partial charge in [-0.25, -0.2) is 0 Å². The van der Waals surface area contributed by atoms with Crippen LogP contribution in [-0.2, 0) is 14.3 Å². The number of carbonyl (C=O) groups is 1. The standard InChI is InChI=1S/C15H23F5O4/c1-7-11(5,6)9(21)24-12(10(2,3)4)8-23-14(22,13(12,16)17)15(18,19)20/h22H,7-8H2,1-6H3. The van der Waals surface area contributed by atoms with E-state index in [4.69, 9.17) is 4.74 Å². The van der Waals surface area contributed by atoms with E-state index in [2.05, 4.69) is 4.74 Å². The normalized spacial score (nSPS) is 31.2. The molecule has 24 heavy (non-hydrogen) atoms. The number of ether oxygens (including phenoxy) is 2. The number of alkyl halides is 5. The third-order valence-electron chi connectivity index (χ3n) is 4.72. The third-order valence-corrected chi connectivity index (χ3v) is 4.72. The van der Waals surface area contributed by atoms with E-state index in [1.165, 1.54) is 34.6 Å². The van der Waals surface area contributed by atoms with Crippen LogP contribution in [0.15, 0.2) is 0 Å². The lowest BCUT2D eigenvalue weighted by Crippen LogP contribution is -2.68. The molecule has 142 valence electrons. The Morgan fingerprint density at radius 3 is 1.92 bits per heavy atom. The van der Waals surface area contributed by atoms with Crippen LogP contribution in [0.25, 0.3) is 0 Å². The van der Waals surface area contributed by atoms with Gasteiger partial charge in [-0.3, -0.25) is 4.79 Å². The summed E-state index contributed by atoms with van der Waals surface area (Å²) in [5.74, 6) is -10.7. The monoisotopic (exact) mass is 362 g/mol. The molecule has 1 heterocycles. The highest BCUT2D eigenvalue weighted by molar-refractivity contribution is 5.76. The van der Waals surface area contributed by atoms with Crippen molar-refractivity contribution < 1.29 is 41.3 Å². The summed E-state index contributed by atoms with van der Waals surface area (Å²) in [6, 6.07) is 0. The maximum Gasteiger partial charge on any atom is 0.449 e. The first-order valence-electron chi connectivity index (χ1n) is 7.44. The maximum absolute atomic E-state index is 14.8. The Morgan fingerprint density at radius 1 is 1.17 bits per heavy atom. The average molecular weight is 362 g/mol.